The van der Waals surface area contributed by atoms with Crippen molar-refractivity contribution in [3.63, 3.8) is 0 Å². The van der Waals surface area contributed by atoms with Crippen LogP contribution in [0, 0.1) is 0 Å². The van der Waals surface area contributed by atoms with Gasteiger partial charge in [-0.1, -0.05) is 5.57 Å². The lowest BCUT2D eigenvalue weighted by Gasteiger charge is -2.20. The number of esters is 1. The maximum Gasteiger partial charge on any atom is 0.333 e. The Balaban J connectivity index is 2.31. The molecule has 0 spiro atoms. The molecule has 0 bridgehead atoms. The molecule has 0 atom stereocenters. The molecule has 0 radical (unpaired) electrons. The number of methoxy groups -OCH3 is 2. The molecule has 1 aromatic rings. The van der Waals surface area contributed by atoms with Crippen molar-refractivity contribution >= 4 is 5.97 Å². The van der Waals surface area contributed by atoms with Crippen LogP contribution in [0.2, 0.25) is 0 Å². The third-order valence-electron chi connectivity index (χ3n) is 4.00. The Morgan fingerprint density at radius 3 is 2.59 bits per heavy atom. The van der Waals surface area contributed by atoms with Gasteiger partial charge in [0.25, 0.3) is 0 Å². The van der Waals surface area contributed by atoms with Crippen LogP contribution in [0.1, 0.15) is 38.2 Å². The molecule has 0 aromatic heterocycles. The summed E-state index contributed by atoms with van der Waals surface area (Å²) in [6.45, 7) is 2.25. The average molecular weight is 304 g/mol. The van der Waals surface area contributed by atoms with E-state index in [1.54, 1.807) is 14.2 Å². The molecule has 0 unspecified atom stereocenters. The van der Waals surface area contributed by atoms with Crippen molar-refractivity contribution in [3.8, 4) is 11.5 Å². The minimum Gasteiger partial charge on any atom is -0.497 e. The second-order valence-corrected chi connectivity index (χ2v) is 5.36. The van der Waals surface area contributed by atoms with Crippen LogP contribution in [-0.4, -0.2) is 26.8 Å². The van der Waals surface area contributed by atoms with E-state index in [4.69, 9.17) is 14.2 Å². The Morgan fingerprint density at radius 2 is 1.91 bits per heavy atom. The van der Waals surface area contributed by atoms with Crippen molar-refractivity contribution in [1.29, 1.82) is 0 Å². The number of carbonyl (C=O) groups is 1. The molecule has 120 valence electrons. The minimum absolute atomic E-state index is 0.168. The fourth-order valence-corrected chi connectivity index (χ4v) is 2.88. The maximum atomic E-state index is 12.1. The highest BCUT2D eigenvalue weighted by Crippen LogP contribution is 2.32. The van der Waals surface area contributed by atoms with Crippen LogP contribution in [0.15, 0.2) is 29.3 Å². The van der Waals surface area contributed by atoms with E-state index in [0.29, 0.717) is 13.0 Å². The van der Waals surface area contributed by atoms with Crippen LogP contribution in [-0.2, 0) is 16.0 Å². The van der Waals surface area contributed by atoms with Gasteiger partial charge in [-0.05, 0) is 57.2 Å². The zero-order valence-corrected chi connectivity index (χ0v) is 13.6. The lowest BCUT2D eigenvalue weighted by molar-refractivity contribution is -0.138. The number of allylic oxidation sites excluding steroid dienone is 1. The number of hydrogen-bond donors (Lipinski definition) is 0. The van der Waals surface area contributed by atoms with Crippen LogP contribution < -0.4 is 9.47 Å². The van der Waals surface area contributed by atoms with Gasteiger partial charge in [0, 0.05) is 11.1 Å². The fraction of sp³-hybridized carbons (Fsp3) is 0.500. The summed E-state index contributed by atoms with van der Waals surface area (Å²) in [5.41, 5.74) is 3.05. The third-order valence-corrected chi connectivity index (χ3v) is 4.00. The number of ether oxygens (including phenoxy) is 3. The number of carbonyl (C=O) groups excluding carboxylic acids is 1. The first-order valence-corrected chi connectivity index (χ1v) is 7.78. The number of hydrogen-bond acceptors (Lipinski definition) is 4. The Morgan fingerprint density at radius 1 is 1.14 bits per heavy atom. The first kappa shape index (κ1) is 16.4. The predicted octanol–water partition coefficient (Wildman–Crippen LogP) is 3.68. The second kappa shape index (κ2) is 7.87. The minimum atomic E-state index is -0.168. The SMILES string of the molecule is CCOC(=O)C1=C(Cc2cc(OC)ccc2OC)CCCC1. The van der Waals surface area contributed by atoms with Crippen molar-refractivity contribution in [3.05, 3.63) is 34.9 Å². The van der Waals surface area contributed by atoms with Gasteiger partial charge in [-0.3, -0.25) is 0 Å². The van der Waals surface area contributed by atoms with Gasteiger partial charge in [-0.25, -0.2) is 4.79 Å². The second-order valence-electron chi connectivity index (χ2n) is 5.36. The molecular formula is C18H24O4. The van der Waals surface area contributed by atoms with Crippen molar-refractivity contribution in [2.75, 3.05) is 20.8 Å². The summed E-state index contributed by atoms with van der Waals surface area (Å²) in [7, 11) is 3.31. The molecule has 1 aliphatic rings. The molecule has 22 heavy (non-hydrogen) atoms. The fourth-order valence-electron chi connectivity index (χ4n) is 2.88. The predicted molar refractivity (Wildman–Crippen MR) is 85.4 cm³/mol. The largest absolute Gasteiger partial charge is 0.497 e. The first-order chi connectivity index (χ1) is 10.7. The van der Waals surface area contributed by atoms with E-state index in [-0.39, 0.29) is 5.97 Å². The van der Waals surface area contributed by atoms with Gasteiger partial charge in [0.2, 0.25) is 0 Å². The van der Waals surface area contributed by atoms with Gasteiger partial charge in [0.15, 0.2) is 0 Å². The zero-order chi connectivity index (χ0) is 15.9. The molecule has 0 heterocycles. The number of rotatable bonds is 6. The van der Waals surface area contributed by atoms with Crippen LogP contribution in [0.4, 0.5) is 0 Å². The van der Waals surface area contributed by atoms with E-state index >= 15 is 0 Å². The molecule has 0 fully saturated rings. The van der Waals surface area contributed by atoms with Gasteiger partial charge in [0.05, 0.1) is 20.8 Å². The van der Waals surface area contributed by atoms with Gasteiger partial charge in [-0.15, -0.1) is 0 Å². The molecule has 0 saturated carbocycles. The van der Waals surface area contributed by atoms with E-state index in [2.05, 4.69) is 0 Å². The van der Waals surface area contributed by atoms with E-state index in [1.807, 2.05) is 25.1 Å². The van der Waals surface area contributed by atoms with E-state index in [9.17, 15) is 4.79 Å². The van der Waals surface area contributed by atoms with Gasteiger partial charge < -0.3 is 14.2 Å². The third kappa shape index (κ3) is 3.81. The molecule has 0 N–H and O–H groups in total. The topological polar surface area (TPSA) is 44.8 Å². The van der Waals surface area contributed by atoms with Crippen molar-refractivity contribution in [1.82, 2.24) is 0 Å². The summed E-state index contributed by atoms with van der Waals surface area (Å²) < 4.78 is 15.9. The highest BCUT2D eigenvalue weighted by Gasteiger charge is 2.21. The summed E-state index contributed by atoms with van der Waals surface area (Å²) in [5, 5.41) is 0. The van der Waals surface area contributed by atoms with Gasteiger partial charge in [0.1, 0.15) is 11.5 Å². The Hall–Kier alpha value is -1.97. The standard InChI is InChI=1S/C18H24O4/c1-4-22-18(19)16-8-6-5-7-13(16)11-14-12-15(20-2)9-10-17(14)21-3/h9-10,12H,4-8,11H2,1-3H3. The van der Waals surface area contributed by atoms with Gasteiger partial charge >= 0.3 is 5.97 Å². The Bertz CT molecular complexity index is 560. The van der Waals surface area contributed by atoms with Crippen molar-refractivity contribution in [2.24, 2.45) is 0 Å². The monoisotopic (exact) mass is 304 g/mol. The maximum absolute atomic E-state index is 12.1. The molecule has 0 aliphatic heterocycles. The molecular weight excluding hydrogens is 280 g/mol. The molecule has 0 saturated heterocycles. The van der Waals surface area contributed by atoms with E-state index in [0.717, 1.165) is 53.9 Å². The van der Waals surface area contributed by atoms with Crippen LogP contribution in [0.3, 0.4) is 0 Å². The summed E-state index contributed by atoms with van der Waals surface area (Å²) in [4.78, 5) is 12.1. The molecule has 1 aromatic carbocycles. The quantitative estimate of drug-likeness (QED) is 0.752. The molecule has 0 amide bonds. The highest BCUT2D eigenvalue weighted by molar-refractivity contribution is 5.89. The molecule has 4 heteroatoms. The normalized spacial score (nSPS) is 14.7. The van der Waals surface area contributed by atoms with Crippen molar-refractivity contribution < 1.29 is 19.0 Å². The lowest BCUT2D eigenvalue weighted by Crippen LogP contribution is -2.14. The van der Waals surface area contributed by atoms with E-state index in [1.165, 1.54) is 0 Å². The summed E-state index contributed by atoms with van der Waals surface area (Å²) in [5.74, 6) is 1.45. The van der Waals surface area contributed by atoms with Crippen LogP contribution in [0.25, 0.3) is 0 Å². The van der Waals surface area contributed by atoms with Crippen molar-refractivity contribution in [2.45, 2.75) is 39.0 Å². The van der Waals surface area contributed by atoms with Gasteiger partial charge in [-0.2, -0.15) is 0 Å². The molecule has 1 aliphatic carbocycles. The summed E-state index contributed by atoms with van der Waals surface area (Å²) in [6.07, 6.45) is 4.61. The highest BCUT2D eigenvalue weighted by atomic mass is 16.5. The smallest absolute Gasteiger partial charge is 0.333 e. The number of benzene rings is 1. The van der Waals surface area contributed by atoms with Crippen LogP contribution >= 0.6 is 0 Å². The first-order valence-electron chi connectivity index (χ1n) is 7.78. The Kier molecular flexibility index (Phi) is 5.87. The summed E-state index contributed by atoms with van der Waals surface area (Å²) >= 11 is 0. The Labute approximate surface area is 132 Å². The molecule has 4 nitrogen and oxygen atoms in total. The summed E-state index contributed by atoms with van der Waals surface area (Å²) in [6, 6.07) is 5.76. The van der Waals surface area contributed by atoms with Crippen LogP contribution in [0.5, 0.6) is 11.5 Å². The molecule has 2 rings (SSSR count). The lowest BCUT2D eigenvalue weighted by atomic mass is 9.87. The van der Waals surface area contributed by atoms with E-state index < -0.39 is 0 Å². The zero-order valence-electron chi connectivity index (χ0n) is 13.6. The average Bonchev–Trinajstić information content (AvgIpc) is 2.55.